The molecular weight excluding hydrogens is 408 g/mol. The second-order valence-electron chi connectivity index (χ2n) is 6.40. The molecule has 0 heterocycles. The molecule has 2 aromatic carbocycles. The molecule has 0 bridgehead atoms. The smallest absolute Gasteiger partial charge is 0.243 e. The molecule has 8 nitrogen and oxygen atoms in total. The number of nitrogens with zero attached hydrogens (tertiary/aromatic N) is 1. The van der Waals surface area contributed by atoms with Gasteiger partial charge < -0.3 is 19.5 Å². The van der Waals surface area contributed by atoms with Gasteiger partial charge in [-0.3, -0.25) is 4.79 Å². The quantitative estimate of drug-likeness (QED) is 0.514. The van der Waals surface area contributed by atoms with Gasteiger partial charge in [-0.1, -0.05) is 19.1 Å². The lowest BCUT2D eigenvalue weighted by Gasteiger charge is -2.21. The van der Waals surface area contributed by atoms with E-state index in [9.17, 15) is 13.2 Å². The molecule has 0 atom stereocenters. The minimum atomic E-state index is -3.85. The maximum absolute atomic E-state index is 13.1. The van der Waals surface area contributed by atoms with E-state index >= 15 is 0 Å². The number of carbonyl (C=O) groups is 1. The second kappa shape index (κ2) is 11.5. The summed E-state index contributed by atoms with van der Waals surface area (Å²) in [4.78, 5) is 12.6. The van der Waals surface area contributed by atoms with Crippen LogP contribution >= 0.6 is 0 Å². The van der Waals surface area contributed by atoms with E-state index in [1.807, 2.05) is 6.92 Å². The van der Waals surface area contributed by atoms with Crippen LogP contribution in [0.3, 0.4) is 0 Å². The average Bonchev–Trinajstić information content (AvgIpc) is 2.74. The minimum absolute atomic E-state index is 0.0973. The summed E-state index contributed by atoms with van der Waals surface area (Å²) in [5, 5.41) is 2.71. The van der Waals surface area contributed by atoms with Crippen LogP contribution in [0.1, 0.15) is 13.3 Å². The van der Waals surface area contributed by atoms with E-state index in [0.717, 1.165) is 0 Å². The molecular formula is C21H28N2O6S. The minimum Gasteiger partial charge on any atom is -0.495 e. The van der Waals surface area contributed by atoms with E-state index in [4.69, 9.17) is 14.2 Å². The normalized spacial score (nSPS) is 11.3. The Labute approximate surface area is 177 Å². The molecule has 30 heavy (non-hydrogen) atoms. The van der Waals surface area contributed by atoms with E-state index in [1.54, 1.807) is 43.5 Å². The predicted octanol–water partition coefficient (Wildman–Crippen LogP) is 2.76. The van der Waals surface area contributed by atoms with Crippen LogP contribution < -0.4 is 14.8 Å². The van der Waals surface area contributed by atoms with Gasteiger partial charge in [-0.15, -0.1) is 0 Å². The van der Waals surface area contributed by atoms with Crippen molar-refractivity contribution in [3.8, 4) is 11.5 Å². The van der Waals surface area contributed by atoms with Gasteiger partial charge in [0.2, 0.25) is 15.9 Å². The first-order chi connectivity index (χ1) is 14.4. The van der Waals surface area contributed by atoms with E-state index < -0.39 is 15.9 Å². The summed E-state index contributed by atoms with van der Waals surface area (Å²) >= 11 is 0. The highest BCUT2D eigenvalue weighted by atomic mass is 32.2. The monoisotopic (exact) mass is 436 g/mol. The number of benzene rings is 2. The van der Waals surface area contributed by atoms with E-state index in [-0.39, 0.29) is 18.0 Å². The molecule has 2 aromatic rings. The van der Waals surface area contributed by atoms with Gasteiger partial charge in [0.05, 0.1) is 30.8 Å². The summed E-state index contributed by atoms with van der Waals surface area (Å²) in [6, 6.07) is 13.1. The van der Waals surface area contributed by atoms with Gasteiger partial charge in [0.25, 0.3) is 0 Å². The topological polar surface area (TPSA) is 94.2 Å². The maximum Gasteiger partial charge on any atom is 0.243 e. The summed E-state index contributed by atoms with van der Waals surface area (Å²) in [5.74, 6) is 0.595. The number of hydrogen-bond donors (Lipinski definition) is 1. The van der Waals surface area contributed by atoms with Crippen LogP contribution in [0.4, 0.5) is 5.69 Å². The molecule has 0 unspecified atom stereocenters. The maximum atomic E-state index is 13.1. The molecule has 1 N–H and O–H groups in total. The van der Waals surface area contributed by atoms with Crippen LogP contribution in [0.5, 0.6) is 11.5 Å². The molecule has 0 spiro atoms. The van der Waals surface area contributed by atoms with Gasteiger partial charge in [0, 0.05) is 13.7 Å². The van der Waals surface area contributed by atoms with Gasteiger partial charge in [-0.05, 0) is 42.8 Å². The average molecular weight is 437 g/mol. The number of sulfonamides is 1. The Bertz CT molecular complexity index is 915. The van der Waals surface area contributed by atoms with Crippen molar-refractivity contribution < 1.29 is 27.4 Å². The van der Waals surface area contributed by atoms with Gasteiger partial charge in [-0.25, -0.2) is 8.42 Å². The third-order valence-electron chi connectivity index (χ3n) is 4.19. The summed E-state index contributed by atoms with van der Waals surface area (Å²) in [5.41, 5.74) is 0.483. The standard InChI is InChI=1S/C21H28N2O6S/c1-4-13-23(16-21(24)22-19-7-5-6-8-20(19)28-3)30(25,26)18-11-9-17(10-12-18)29-15-14-27-2/h5-12H,4,13-16H2,1-3H3,(H,22,24). The Balaban J connectivity index is 2.12. The van der Waals surface area contributed by atoms with Crippen molar-refractivity contribution in [1.29, 1.82) is 0 Å². The molecule has 9 heteroatoms. The molecule has 0 fully saturated rings. The van der Waals surface area contributed by atoms with Crippen LogP contribution in [0.2, 0.25) is 0 Å². The summed E-state index contributed by atoms with van der Waals surface area (Å²) in [6.45, 7) is 2.57. The Morgan fingerprint density at radius 3 is 2.37 bits per heavy atom. The number of nitrogens with one attached hydrogen (secondary N) is 1. The second-order valence-corrected chi connectivity index (χ2v) is 8.34. The Morgan fingerprint density at radius 2 is 1.73 bits per heavy atom. The van der Waals surface area contributed by atoms with Gasteiger partial charge >= 0.3 is 0 Å². The van der Waals surface area contributed by atoms with E-state index in [1.165, 1.54) is 23.5 Å². The fourth-order valence-electron chi connectivity index (χ4n) is 2.73. The van der Waals surface area contributed by atoms with Crippen molar-refractivity contribution in [2.24, 2.45) is 0 Å². The number of para-hydroxylation sites is 2. The number of hydrogen-bond acceptors (Lipinski definition) is 6. The molecule has 2 rings (SSSR count). The van der Waals surface area contributed by atoms with E-state index in [0.29, 0.717) is 36.8 Å². The van der Waals surface area contributed by atoms with Crippen molar-refractivity contribution in [2.45, 2.75) is 18.2 Å². The number of amides is 1. The van der Waals surface area contributed by atoms with Crippen LogP contribution in [0, 0.1) is 0 Å². The number of carbonyl (C=O) groups excluding carboxylic acids is 1. The molecule has 0 aromatic heterocycles. The van der Waals surface area contributed by atoms with Crippen LogP contribution in [-0.2, 0) is 19.6 Å². The van der Waals surface area contributed by atoms with Gasteiger partial charge in [0.1, 0.15) is 18.1 Å². The zero-order valence-electron chi connectivity index (χ0n) is 17.5. The molecule has 0 aliphatic rings. The van der Waals surface area contributed by atoms with Crippen molar-refractivity contribution in [3.05, 3.63) is 48.5 Å². The Kier molecular flexibility index (Phi) is 9.10. The molecule has 0 radical (unpaired) electrons. The summed E-state index contributed by atoms with van der Waals surface area (Å²) in [7, 11) is -0.771. The Morgan fingerprint density at radius 1 is 1.03 bits per heavy atom. The van der Waals surface area contributed by atoms with Crippen molar-refractivity contribution >= 4 is 21.6 Å². The van der Waals surface area contributed by atoms with Crippen LogP contribution in [0.15, 0.2) is 53.4 Å². The zero-order valence-corrected chi connectivity index (χ0v) is 18.3. The highest BCUT2D eigenvalue weighted by molar-refractivity contribution is 7.89. The SMILES string of the molecule is CCCN(CC(=O)Nc1ccccc1OC)S(=O)(=O)c1ccc(OCCOC)cc1. The lowest BCUT2D eigenvalue weighted by molar-refractivity contribution is -0.116. The first kappa shape index (κ1) is 23.7. The lowest BCUT2D eigenvalue weighted by Crippen LogP contribution is -2.38. The number of methoxy groups -OCH3 is 2. The zero-order chi connectivity index (χ0) is 22.0. The third kappa shape index (κ3) is 6.45. The van der Waals surface area contributed by atoms with Crippen LogP contribution in [0.25, 0.3) is 0 Å². The summed E-state index contributed by atoms with van der Waals surface area (Å²) in [6.07, 6.45) is 0.569. The fraction of sp³-hybridized carbons (Fsp3) is 0.381. The summed E-state index contributed by atoms with van der Waals surface area (Å²) < 4.78 is 42.9. The highest BCUT2D eigenvalue weighted by Crippen LogP contribution is 2.24. The van der Waals surface area contributed by atoms with Gasteiger partial charge in [-0.2, -0.15) is 4.31 Å². The first-order valence-electron chi connectivity index (χ1n) is 9.57. The third-order valence-corrected chi connectivity index (χ3v) is 6.05. The highest BCUT2D eigenvalue weighted by Gasteiger charge is 2.26. The molecule has 0 aliphatic carbocycles. The molecule has 0 saturated carbocycles. The first-order valence-corrected chi connectivity index (χ1v) is 11.0. The number of ether oxygens (including phenoxy) is 3. The largest absolute Gasteiger partial charge is 0.495 e. The molecule has 164 valence electrons. The van der Waals surface area contributed by atoms with Crippen molar-refractivity contribution in [1.82, 2.24) is 4.31 Å². The fourth-order valence-corrected chi connectivity index (χ4v) is 4.22. The predicted molar refractivity (Wildman–Crippen MR) is 114 cm³/mol. The van der Waals surface area contributed by atoms with Crippen LogP contribution in [-0.4, -0.2) is 59.2 Å². The molecule has 0 saturated heterocycles. The number of anilines is 1. The van der Waals surface area contributed by atoms with Gasteiger partial charge in [0.15, 0.2) is 0 Å². The van der Waals surface area contributed by atoms with Crippen molar-refractivity contribution in [2.75, 3.05) is 45.8 Å². The molecule has 1 amide bonds. The lowest BCUT2D eigenvalue weighted by atomic mass is 10.3. The Hall–Kier alpha value is -2.62. The number of rotatable bonds is 12. The van der Waals surface area contributed by atoms with E-state index in [2.05, 4.69) is 5.32 Å². The van der Waals surface area contributed by atoms with Crippen molar-refractivity contribution in [3.63, 3.8) is 0 Å². The molecule has 0 aliphatic heterocycles.